The Bertz CT molecular complexity index is 1990. The van der Waals surface area contributed by atoms with Gasteiger partial charge < -0.3 is 4.57 Å². The second-order valence-corrected chi connectivity index (χ2v) is 9.64. The lowest BCUT2D eigenvalue weighted by molar-refractivity contribution is 1.01. The summed E-state index contributed by atoms with van der Waals surface area (Å²) >= 11 is 0. The Kier molecular flexibility index (Phi) is 3.84. The molecule has 0 saturated heterocycles. The molecule has 0 unspecified atom stereocenters. The predicted molar refractivity (Wildman–Crippen MR) is 151 cm³/mol. The molecule has 1 aromatic heterocycles. The van der Waals surface area contributed by atoms with E-state index in [-0.39, 0.29) is 0 Å². The van der Waals surface area contributed by atoms with E-state index in [0.29, 0.717) is 0 Å². The third-order valence-electron chi connectivity index (χ3n) is 7.73. The quantitative estimate of drug-likeness (QED) is 0.233. The zero-order valence-corrected chi connectivity index (χ0v) is 19.3. The van der Waals surface area contributed by atoms with Crippen LogP contribution in [0.3, 0.4) is 0 Å². The van der Waals surface area contributed by atoms with Crippen molar-refractivity contribution in [2.75, 3.05) is 0 Å². The van der Waals surface area contributed by atoms with E-state index in [1.165, 1.54) is 70.9 Å². The van der Waals surface area contributed by atoms with Crippen LogP contribution in [0, 0.1) is 0 Å². The molecule has 1 nitrogen and oxygen atoms in total. The Morgan fingerprint density at radius 1 is 0.543 bits per heavy atom. The predicted octanol–water partition coefficient (Wildman–Crippen LogP) is 9.55. The first-order valence-corrected chi connectivity index (χ1v) is 12.4. The number of allylic oxidation sites excluding steroid dienone is 4. The standard InChI is InChI=1S/C34H23N/c1-2-13-25(14-3-1)35-31(27-16-6-10-22-9-4-5-15-26(22)27)21-30-28-17-7-11-23-19-20-24-12-8-18-29(34(30)35)33(24)32(23)28/h2,4-21H,1,3H2. The van der Waals surface area contributed by atoms with Gasteiger partial charge in [-0.1, -0.05) is 103 Å². The van der Waals surface area contributed by atoms with Gasteiger partial charge in [-0.3, -0.25) is 0 Å². The van der Waals surface area contributed by atoms with Crippen molar-refractivity contribution < 1.29 is 0 Å². The minimum atomic E-state index is 1.07. The van der Waals surface area contributed by atoms with Crippen molar-refractivity contribution >= 4 is 59.7 Å². The van der Waals surface area contributed by atoms with Crippen molar-refractivity contribution in [3.8, 4) is 11.3 Å². The maximum absolute atomic E-state index is 2.52. The molecule has 1 heteroatoms. The molecule has 35 heavy (non-hydrogen) atoms. The molecule has 7 aromatic rings. The molecular formula is C34H23N. The maximum Gasteiger partial charge on any atom is 0.0619 e. The molecule has 1 aliphatic rings. The molecule has 6 aromatic carbocycles. The van der Waals surface area contributed by atoms with E-state index in [2.05, 4.69) is 120 Å². The Balaban J connectivity index is 1.65. The van der Waals surface area contributed by atoms with Crippen LogP contribution in [0.4, 0.5) is 0 Å². The van der Waals surface area contributed by atoms with Crippen LogP contribution in [0.1, 0.15) is 12.8 Å². The molecule has 0 radical (unpaired) electrons. The van der Waals surface area contributed by atoms with Gasteiger partial charge in [0.1, 0.15) is 0 Å². The van der Waals surface area contributed by atoms with Crippen molar-refractivity contribution in [1.29, 1.82) is 0 Å². The average Bonchev–Trinajstić information content (AvgIpc) is 3.33. The van der Waals surface area contributed by atoms with Gasteiger partial charge in [-0.25, -0.2) is 0 Å². The van der Waals surface area contributed by atoms with Gasteiger partial charge in [-0.2, -0.15) is 0 Å². The number of aromatic nitrogens is 1. The molecule has 1 aliphatic carbocycles. The Hall–Kier alpha value is -4.36. The van der Waals surface area contributed by atoms with Crippen molar-refractivity contribution in [2.45, 2.75) is 12.8 Å². The third-order valence-corrected chi connectivity index (χ3v) is 7.73. The lowest BCUT2D eigenvalue weighted by Crippen LogP contribution is -2.00. The highest BCUT2D eigenvalue weighted by Crippen LogP contribution is 2.45. The summed E-state index contributed by atoms with van der Waals surface area (Å²) in [7, 11) is 0. The van der Waals surface area contributed by atoms with Gasteiger partial charge >= 0.3 is 0 Å². The summed E-state index contributed by atoms with van der Waals surface area (Å²) in [6.45, 7) is 0. The average molecular weight is 446 g/mol. The highest BCUT2D eigenvalue weighted by Gasteiger charge is 2.21. The monoisotopic (exact) mass is 445 g/mol. The number of hydrogen-bond donors (Lipinski definition) is 0. The first kappa shape index (κ1) is 19.0. The second-order valence-electron chi connectivity index (χ2n) is 9.64. The van der Waals surface area contributed by atoms with Gasteiger partial charge in [0.2, 0.25) is 0 Å². The minimum absolute atomic E-state index is 1.07. The van der Waals surface area contributed by atoms with E-state index in [1.807, 2.05) is 0 Å². The second kappa shape index (κ2) is 7.07. The van der Waals surface area contributed by atoms with Crippen molar-refractivity contribution in [1.82, 2.24) is 4.57 Å². The van der Waals surface area contributed by atoms with E-state index in [4.69, 9.17) is 0 Å². The normalized spacial score (nSPS) is 14.1. The van der Waals surface area contributed by atoms with Gasteiger partial charge in [0, 0.05) is 22.0 Å². The van der Waals surface area contributed by atoms with Crippen LogP contribution >= 0.6 is 0 Å². The molecular weight excluding hydrogens is 422 g/mol. The van der Waals surface area contributed by atoms with Crippen molar-refractivity contribution in [2.24, 2.45) is 0 Å². The molecule has 0 atom stereocenters. The first-order chi connectivity index (χ1) is 17.4. The lowest BCUT2D eigenvalue weighted by atomic mass is 9.92. The van der Waals surface area contributed by atoms with Crippen LogP contribution in [-0.2, 0) is 0 Å². The molecule has 0 N–H and O–H groups in total. The fourth-order valence-corrected chi connectivity index (χ4v) is 6.24. The van der Waals surface area contributed by atoms with E-state index in [1.54, 1.807) is 0 Å². The highest BCUT2D eigenvalue weighted by atomic mass is 15.0. The van der Waals surface area contributed by atoms with Crippen LogP contribution in [0.25, 0.3) is 70.9 Å². The summed E-state index contributed by atoms with van der Waals surface area (Å²) in [5, 5.41) is 11.9. The molecule has 1 heterocycles. The molecule has 0 amide bonds. The Morgan fingerprint density at radius 2 is 1.23 bits per heavy atom. The van der Waals surface area contributed by atoms with Crippen LogP contribution in [-0.4, -0.2) is 4.57 Å². The number of hydrogen-bond acceptors (Lipinski definition) is 0. The van der Waals surface area contributed by atoms with E-state index >= 15 is 0 Å². The number of fused-ring (bicyclic) bond motifs is 4. The SMILES string of the molecule is C1=CC(n2c(-c3cccc4ccccc34)cc3c4cccc5ccc6cccc(c6c54)c32)=CCC1. The number of nitrogens with zero attached hydrogens (tertiary/aromatic N) is 1. The van der Waals surface area contributed by atoms with Crippen molar-refractivity contribution in [3.63, 3.8) is 0 Å². The van der Waals surface area contributed by atoms with Gasteiger partial charge in [-0.15, -0.1) is 0 Å². The smallest absolute Gasteiger partial charge is 0.0619 e. The van der Waals surface area contributed by atoms with Crippen molar-refractivity contribution in [3.05, 3.63) is 115 Å². The van der Waals surface area contributed by atoms with Gasteiger partial charge in [-0.05, 0) is 62.7 Å². The van der Waals surface area contributed by atoms with Crippen LogP contribution in [0.15, 0.2) is 115 Å². The topological polar surface area (TPSA) is 4.93 Å². The molecule has 164 valence electrons. The van der Waals surface area contributed by atoms with E-state index < -0.39 is 0 Å². The Morgan fingerprint density at radius 3 is 2.06 bits per heavy atom. The maximum atomic E-state index is 2.52. The summed E-state index contributed by atoms with van der Waals surface area (Å²) in [4.78, 5) is 0. The van der Waals surface area contributed by atoms with Crippen LogP contribution in [0.5, 0.6) is 0 Å². The molecule has 0 spiro atoms. The molecule has 0 aliphatic heterocycles. The summed E-state index contributed by atoms with van der Waals surface area (Å²) in [6.07, 6.45) is 9.20. The fourth-order valence-electron chi connectivity index (χ4n) is 6.24. The largest absolute Gasteiger partial charge is 0.309 e. The highest BCUT2D eigenvalue weighted by molar-refractivity contribution is 6.34. The van der Waals surface area contributed by atoms with E-state index in [9.17, 15) is 0 Å². The van der Waals surface area contributed by atoms with Gasteiger partial charge in [0.25, 0.3) is 0 Å². The molecule has 0 saturated carbocycles. The van der Waals surface area contributed by atoms with Crippen LogP contribution in [0.2, 0.25) is 0 Å². The van der Waals surface area contributed by atoms with Crippen LogP contribution < -0.4 is 0 Å². The zero-order valence-electron chi connectivity index (χ0n) is 19.3. The summed E-state index contributed by atoms with van der Waals surface area (Å²) in [6, 6.07) is 35.9. The molecule has 8 rings (SSSR count). The fraction of sp³-hybridized carbons (Fsp3) is 0.0588. The third kappa shape index (κ3) is 2.58. The molecule has 0 fully saturated rings. The summed E-state index contributed by atoms with van der Waals surface area (Å²) in [5.41, 5.74) is 5.11. The number of benzene rings is 6. The van der Waals surface area contributed by atoms with Gasteiger partial charge in [0.15, 0.2) is 0 Å². The lowest BCUT2D eigenvalue weighted by Gasteiger charge is -2.18. The summed E-state index contributed by atoms with van der Waals surface area (Å²) in [5.74, 6) is 0. The number of rotatable bonds is 2. The Labute approximate surface area is 203 Å². The van der Waals surface area contributed by atoms with Gasteiger partial charge in [0.05, 0.1) is 11.2 Å². The zero-order chi connectivity index (χ0) is 22.9. The molecule has 0 bridgehead atoms. The van der Waals surface area contributed by atoms with E-state index in [0.717, 1.165) is 12.8 Å². The first-order valence-electron chi connectivity index (χ1n) is 12.4. The minimum Gasteiger partial charge on any atom is -0.309 e. The summed E-state index contributed by atoms with van der Waals surface area (Å²) < 4.78 is 2.52.